The molecule has 142 valence electrons. The molecule has 8 heteroatoms. The third-order valence-electron chi connectivity index (χ3n) is 4.26. The second-order valence-electron chi connectivity index (χ2n) is 6.26. The van der Waals surface area contributed by atoms with Crippen molar-refractivity contribution in [3.63, 3.8) is 0 Å². The number of aryl methyl sites for hydroxylation is 3. The fourth-order valence-corrected chi connectivity index (χ4v) is 3.85. The molecule has 3 aromatic rings. The average molecular weight is 402 g/mol. The molecule has 0 bridgehead atoms. The van der Waals surface area contributed by atoms with Gasteiger partial charge in [0.2, 0.25) is 11.1 Å². The highest BCUT2D eigenvalue weighted by Gasteiger charge is 2.15. The average Bonchev–Trinajstić information content (AvgIpc) is 3.07. The lowest BCUT2D eigenvalue weighted by Crippen LogP contribution is -2.28. The zero-order chi connectivity index (χ0) is 19.4. The van der Waals surface area contributed by atoms with E-state index in [2.05, 4.69) is 51.6 Å². The van der Waals surface area contributed by atoms with Gasteiger partial charge in [-0.15, -0.1) is 16.9 Å². The Balaban J connectivity index is 1.58. The van der Waals surface area contributed by atoms with E-state index in [1.165, 1.54) is 22.2 Å². The highest BCUT2D eigenvalue weighted by molar-refractivity contribution is 7.99. The summed E-state index contributed by atoms with van der Waals surface area (Å²) in [4.78, 5) is 22.4. The number of nitrogens with one attached hydrogen (secondary N) is 1. The molecule has 1 amide bonds. The normalized spacial score (nSPS) is 11.1. The van der Waals surface area contributed by atoms with Crippen LogP contribution in [0.15, 0.2) is 34.3 Å². The van der Waals surface area contributed by atoms with E-state index in [0.29, 0.717) is 23.9 Å². The van der Waals surface area contributed by atoms with Crippen LogP contribution in [0.4, 0.5) is 0 Å². The molecule has 6 nitrogen and oxygen atoms in total. The van der Waals surface area contributed by atoms with Crippen molar-refractivity contribution in [3.05, 3.63) is 46.8 Å². The van der Waals surface area contributed by atoms with Gasteiger partial charge in [0, 0.05) is 34.1 Å². The molecule has 27 heavy (non-hydrogen) atoms. The van der Waals surface area contributed by atoms with Crippen molar-refractivity contribution in [3.8, 4) is 0 Å². The Morgan fingerprint density at radius 1 is 1.15 bits per heavy atom. The van der Waals surface area contributed by atoms with Gasteiger partial charge in [0.15, 0.2) is 0 Å². The molecule has 2 heterocycles. The van der Waals surface area contributed by atoms with Crippen molar-refractivity contribution in [2.24, 2.45) is 0 Å². The number of fused-ring (bicyclic) bond motifs is 1. The molecule has 0 aliphatic rings. The van der Waals surface area contributed by atoms with Crippen molar-refractivity contribution in [1.29, 1.82) is 0 Å². The standard InChI is InChI=1S/C19H23N5OS2/c1-12-5-7-15(8-6-12)27-10-9-20-17(25)11-16-13(2)21-18-22-19(26-4)23-24(18)14(16)3/h5-8H,9-11H2,1-4H3,(H,20,25). The smallest absolute Gasteiger partial charge is 0.253 e. The Bertz CT molecular complexity index is 953. The van der Waals surface area contributed by atoms with Crippen molar-refractivity contribution in [2.75, 3.05) is 18.6 Å². The Morgan fingerprint density at radius 3 is 2.59 bits per heavy atom. The summed E-state index contributed by atoms with van der Waals surface area (Å²) in [6, 6.07) is 8.41. The maximum atomic E-state index is 12.4. The van der Waals surface area contributed by atoms with Gasteiger partial charge < -0.3 is 5.32 Å². The number of hydrogen-bond donors (Lipinski definition) is 1. The molecule has 0 saturated heterocycles. The molecule has 0 unspecified atom stereocenters. The number of benzene rings is 1. The van der Waals surface area contributed by atoms with E-state index in [-0.39, 0.29) is 5.91 Å². The molecule has 0 fully saturated rings. The van der Waals surface area contributed by atoms with Crippen molar-refractivity contribution in [2.45, 2.75) is 37.2 Å². The molecular weight excluding hydrogens is 378 g/mol. The zero-order valence-corrected chi connectivity index (χ0v) is 17.6. The molecule has 1 N–H and O–H groups in total. The minimum atomic E-state index is -0.00272. The van der Waals surface area contributed by atoms with Crippen LogP contribution >= 0.6 is 23.5 Å². The molecule has 0 saturated carbocycles. The topological polar surface area (TPSA) is 72.2 Å². The molecule has 3 rings (SSSR count). The molecular formula is C19H23N5OS2. The van der Waals surface area contributed by atoms with Gasteiger partial charge in [-0.05, 0) is 39.2 Å². The maximum absolute atomic E-state index is 12.4. The molecule has 1 aromatic carbocycles. The van der Waals surface area contributed by atoms with Gasteiger partial charge in [0.05, 0.1) is 6.42 Å². The Kier molecular flexibility index (Phi) is 6.38. The van der Waals surface area contributed by atoms with E-state index < -0.39 is 0 Å². The monoisotopic (exact) mass is 401 g/mol. The number of carbonyl (C=O) groups excluding carboxylic acids is 1. The van der Waals surface area contributed by atoms with Crippen LogP contribution in [0.2, 0.25) is 0 Å². The third kappa shape index (κ3) is 4.81. The summed E-state index contributed by atoms with van der Waals surface area (Å²) in [5, 5.41) is 8.10. The highest BCUT2D eigenvalue weighted by Crippen LogP contribution is 2.18. The first-order chi connectivity index (χ1) is 13.0. The molecule has 0 atom stereocenters. The summed E-state index contributed by atoms with van der Waals surface area (Å²) in [5.41, 5.74) is 3.89. The molecule has 0 aliphatic heterocycles. The second-order valence-corrected chi connectivity index (χ2v) is 8.20. The minimum absolute atomic E-state index is 0.00272. The first-order valence-corrected chi connectivity index (χ1v) is 10.9. The molecule has 0 radical (unpaired) electrons. The molecule has 2 aromatic heterocycles. The Hall–Kier alpha value is -2.06. The number of thioether (sulfide) groups is 2. The summed E-state index contributed by atoms with van der Waals surface area (Å²) in [5.74, 6) is 1.41. The predicted molar refractivity (Wildman–Crippen MR) is 111 cm³/mol. The van der Waals surface area contributed by atoms with Crippen LogP contribution in [0.1, 0.15) is 22.5 Å². The van der Waals surface area contributed by atoms with Crippen molar-refractivity contribution >= 4 is 35.2 Å². The summed E-state index contributed by atoms with van der Waals surface area (Å²) in [6.45, 7) is 6.57. The predicted octanol–water partition coefficient (Wildman–Crippen LogP) is 3.22. The van der Waals surface area contributed by atoms with E-state index in [1.54, 1.807) is 16.3 Å². The van der Waals surface area contributed by atoms with E-state index >= 15 is 0 Å². The van der Waals surface area contributed by atoms with Gasteiger partial charge in [-0.2, -0.15) is 4.98 Å². The van der Waals surface area contributed by atoms with Crippen molar-refractivity contribution in [1.82, 2.24) is 24.9 Å². The highest BCUT2D eigenvalue weighted by atomic mass is 32.2. The van der Waals surface area contributed by atoms with Gasteiger partial charge in [-0.1, -0.05) is 29.5 Å². The van der Waals surface area contributed by atoms with Crippen LogP contribution in [0.25, 0.3) is 5.78 Å². The van der Waals surface area contributed by atoms with Crippen LogP contribution in [0.3, 0.4) is 0 Å². The zero-order valence-electron chi connectivity index (χ0n) is 15.9. The number of amides is 1. The molecule has 0 spiro atoms. The van der Waals surface area contributed by atoms with Crippen LogP contribution in [0, 0.1) is 20.8 Å². The fraction of sp³-hybridized carbons (Fsp3) is 0.368. The number of aromatic nitrogens is 4. The molecule has 0 aliphatic carbocycles. The first-order valence-electron chi connectivity index (χ1n) is 8.71. The summed E-state index contributed by atoms with van der Waals surface area (Å²) < 4.78 is 1.72. The lowest BCUT2D eigenvalue weighted by atomic mass is 10.1. The second kappa shape index (κ2) is 8.75. The number of hydrogen-bond acceptors (Lipinski definition) is 6. The van der Waals surface area contributed by atoms with Crippen LogP contribution in [-0.2, 0) is 11.2 Å². The van der Waals surface area contributed by atoms with Gasteiger partial charge in [-0.25, -0.2) is 9.50 Å². The fourth-order valence-electron chi connectivity index (χ4n) is 2.75. The van der Waals surface area contributed by atoms with E-state index in [9.17, 15) is 4.79 Å². The van der Waals surface area contributed by atoms with Crippen LogP contribution in [-0.4, -0.2) is 44.0 Å². The van der Waals surface area contributed by atoms with Gasteiger partial charge in [0.1, 0.15) is 0 Å². The number of carbonyl (C=O) groups is 1. The summed E-state index contributed by atoms with van der Waals surface area (Å²) in [7, 11) is 0. The minimum Gasteiger partial charge on any atom is -0.355 e. The largest absolute Gasteiger partial charge is 0.355 e. The summed E-state index contributed by atoms with van der Waals surface area (Å²) >= 11 is 3.22. The Morgan fingerprint density at radius 2 is 1.89 bits per heavy atom. The van der Waals surface area contributed by atoms with Gasteiger partial charge in [0.25, 0.3) is 5.78 Å². The third-order valence-corrected chi connectivity index (χ3v) is 5.82. The quantitative estimate of drug-likeness (QED) is 0.484. The van der Waals surface area contributed by atoms with Gasteiger partial charge in [-0.3, -0.25) is 4.79 Å². The summed E-state index contributed by atoms with van der Waals surface area (Å²) in [6.07, 6.45) is 2.23. The van der Waals surface area contributed by atoms with E-state index in [1.807, 2.05) is 20.1 Å². The Labute approximate surface area is 167 Å². The van der Waals surface area contributed by atoms with E-state index in [0.717, 1.165) is 22.7 Å². The number of rotatable bonds is 7. The van der Waals surface area contributed by atoms with Gasteiger partial charge >= 0.3 is 0 Å². The SMILES string of the molecule is CSc1nc2nc(C)c(CC(=O)NCCSc3ccc(C)cc3)c(C)n2n1. The van der Waals surface area contributed by atoms with Crippen LogP contribution in [0.5, 0.6) is 0 Å². The van der Waals surface area contributed by atoms with E-state index in [4.69, 9.17) is 0 Å². The number of nitrogens with zero attached hydrogens (tertiary/aromatic N) is 4. The first kappa shape index (κ1) is 19.7. The van der Waals surface area contributed by atoms with Crippen LogP contribution < -0.4 is 5.32 Å². The lowest BCUT2D eigenvalue weighted by Gasteiger charge is -2.10. The maximum Gasteiger partial charge on any atom is 0.253 e. The lowest BCUT2D eigenvalue weighted by molar-refractivity contribution is -0.120. The van der Waals surface area contributed by atoms with Crippen molar-refractivity contribution < 1.29 is 4.79 Å².